The number of halogens is 3. The van der Waals surface area contributed by atoms with Gasteiger partial charge in [-0.25, -0.2) is 0 Å². The number of carboxylic acid groups (broad SMARTS) is 1. The van der Waals surface area contributed by atoms with Crippen LogP contribution in [0.3, 0.4) is 0 Å². The van der Waals surface area contributed by atoms with Crippen LogP contribution in [-0.2, 0) is 4.79 Å². The Hall–Kier alpha value is 0.896. The van der Waals surface area contributed by atoms with Gasteiger partial charge in [0.2, 0.25) is 0 Å². The van der Waals surface area contributed by atoms with Crippen molar-refractivity contribution >= 4 is 5.97 Å². The molecule has 0 aromatic heterocycles. The average Bonchev–Trinajstić information content (AvgIpc) is 2.45. The Balaban J connectivity index is 0. The SMILES string of the molecule is O=C([O-])CCCCCCCCCCCCCCCCC(F)(F)F.[K+]. The van der Waals surface area contributed by atoms with Crippen LogP contribution < -0.4 is 56.5 Å². The Bertz CT molecular complexity index is 284. The zero-order chi connectivity index (χ0) is 17.4. The van der Waals surface area contributed by atoms with E-state index in [1.54, 1.807) is 0 Å². The molecule has 0 unspecified atom stereocenters. The molecule has 0 heterocycles. The first-order valence-electron chi connectivity index (χ1n) is 9.18. The van der Waals surface area contributed by atoms with Crippen LogP contribution in [0.25, 0.3) is 0 Å². The van der Waals surface area contributed by atoms with E-state index < -0.39 is 18.6 Å². The maximum absolute atomic E-state index is 11.9. The smallest absolute Gasteiger partial charge is 0.550 e. The Morgan fingerprint density at radius 3 is 1.21 bits per heavy atom. The Morgan fingerprint density at radius 2 is 0.917 bits per heavy atom. The molecular weight excluding hydrogens is 344 g/mol. The van der Waals surface area contributed by atoms with E-state index in [9.17, 15) is 23.1 Å². The van der Waals surface area contributed by atoms with Crippen LogP contribution in [0, 0.1) is 0 Å². The van der Waals surface area contributed by atoms with Crippen molar-refractivity contribution in [3.05, 3.63) is 0 Å². The van der Waals surface area contributed by atoms with Crippen LogP contribution in [0.15, 0.2) is 0 Å². The van der Waals surface area contributed by atoms with Crippen molar-refractivity contribution < 1.29 is 74.5 Å². The summed E-state index contributed by atoms with van der Waals surface area (Å²) in [5.41, 5.74) is 0. The van der Waals surface area contributed by atoms with Crippen LogP contribution in [0.5, 0.6) is 0 Å². The number of aliphatic carboxylic acids is 1. The molecule has 0 amide bonds. The number of carbonyl (C=O) groups is 1. The molecule has 138 valence electrons. The monoisotopic (exact) mass is 376 g/mol. The summed E-state index contributed by atoms with van der Waals surface area (Å²) in [7, 11) is 0. The normalized spacial score (nSPS) is 11.3. The molecule has 0 aromatic carbocycles. The predicted molar refractivity (Wildman–Crippen MR) is 84.9 cm³/mol. The van der Waals surface area contributed by atoms with E-state index in [1.165, 1.54) is 38.5 Å². The molecule has 0 aliphatic heterocycles. The summed E-state index contributed by atoms with van der Waals surface area (Å²) in [5.74, 6) is -0.953. The first-order valence-corrected chi connectivity index (χ1v) is 9.18. The van der Waals surface area contributed by atoms with E-state index >= 15 is 0 Å². The van der Waals surface area contributed by atoms with E-state index in [0.29, 0.717) is 6.42 Å². The van der Waals surface area contributed by atoms with Gasteiger partial charge in [-0.05, 0) is 19.3 Å². The minimum absolute atomic E-state index is 0. The summed E-state index contributed by atoms with van der Waals surface area (Å²) >= 11 is 0. The van der Waals surface area contributed by atoms with E-state index in [4.69, 9.17) is 0 Å². The molecular formula is C18H32F3KO2. The van der Waals surface area contributed by atoms with Crippen LogP contribution >= 0.6 is 0 Å². The van der Waals surface area contributed by atoms with Crippen LogP contribution in [0.1, 0.15) is 103 Å². The van der Waals surface area contributed by atoms with Gasteiger partial charge in [0.25, 0.3) is 0 Å². The van der Waals surface area contributed by atoms with E-state index in [-0.39, 0.29) is 64.2 Å². The minimum Gasteiger partial charge on any atom is -0.550 e. The van der Waals surface area contributed by atoms with Gasteiger partial charge >= 0.3 is 57.6 Å². The van der Waals surface area contributed by atoms with E-state index in [1.807, 2.05) is 0 Å². The maximum Gasteiger partial charge on any atom is 1.00 e. The number of hydrogen-bond acceptors (Lipinski definition) is 2. The first kappa shape index (κ1) is 27.1. The molecule has 24 heavy (non-hydrogen) atoms. The molecule has 0 radical (unpaired) electrons. The molecule has 0 rings (SSSR count). The predicted octanol–water partition coefficient (Wildman–Crippen LogP) is 2.54. The Labute approximate surface area is 187 Å². The summed E-state index contributed by atoms with van der Waals surface area (Å²) in [4.78, 5) is 10.2. The maximum atomic E-state index is 11.9. The van der Waals surface area contributed by atoms with E-state index in [0.717, 1.165) is 38.5 Å². The molecule has 0 saturated carbocycles. The van der Waals surface area contributed by atoms with Crippen LogP contribution in [0.4, 0.5) is 13.2 Å². The van der Waals surface area contributed by atoms with Gasteiger partial charge in [0.05, 0.1) is 0 Å². The molecule has 0 spiro atoms. The van der Waals surface area contributed by atoms with Gasteiger partial charge < -0.3 is 9.90 Å². The summed E-state index contributed by atoms with van der Waals surface area (Å²) in [6, 6.07) is 0. The number of hydrogen-bond donors (Lipinski definition) is 0. The third-order valence-electron chi connectivity index (χ3n) is 4.09. The average molecular weight is 377 g/mol. The third kappa shape index (κ3) is 25.1. The van der Waals surface area contributed by atoms with Crippen molar-refractivity contribution in [2.75, 3.05) is 0 Å². The summed E-state index contributed by atoms with van der Waals surface area (Å²) in [6.45, 7) is 0. The molecule has 0 N–H and O–H groups in total. The number of carbonyl (C=O) groups excluding carboxylic acids is 1. The second-order valence-corrected chi connectivity index (χ2v) is 6.44. The topological polar surface area (TPSA) is 40.1 Å². The number of alkyl halides is 3. The van der Waals surface area contributed by atoms with Crippen molar-refractivity contribution in [1.82, 2.24) is 0 Å². The Morgan fingerprint density at radius 1 is 0.625 bits per heavy atom. The minimum atomic E-state index is -3.99. The summed E-state index contributed by atoms with van der Waals surface area (Å²) in [5, 5.41) is 10.2. The zero-order valence-corrected chi connectivity index (χ0v) is 18.4. The van der Waals surface area contributed by atoms with Gasteiger partial charge in [0, 0.05) is 12.4 Å². The van der Waals surface area contributed by atoms with Crippen molar-refractivity contribution in [2.45, 2.75) is 109 Å². The second kappa shape index (κ2) is 18.7. The fourth-order valence-electron chi connectivity index (χ4n) is 2.72. The quantitative estimate of drug-likeness (QED) is 0.307. The van der Waals surface area contributed by atoms with E-state index in [2.05, 4.69) is 0 Å². The molecule has 0 bridgehead atoms. The second-order valence-electron chi connectivity index (χ2n) is 6.44. The van der Waals surface area contributed by atoms with Gasteiger partial charge in [-0.2, -0.15) is 13.2 Å². The van der Waals surface area contributed by atoms with Gasteiger partial charge in [0.15, 0.2) is 0 Å². The summed E-state index contributed by atoms with van der Waals surface area (Å²) < 4.78 is 35.8. The van der Waals surface area contributed by atoms with Gasteiger partial charge in [-0.15, -0.1) is 0 Å². The third-order valence-corrected chi connectivity index (χ3v) is 4.09. The van der Waals surface area contributed by atoms with Gasteiger partial charge in [0.1, 0.15) is 0 Å². The molecule has 0 aliphatic carbocycles. The number of rotatable bonds is 16. The number of unbranched alkanes of at least 4 members (excludes halogenated alkanes) is 13. The van der Waals surface area contributed by atoms with Gasteiger partial charge in [-0.1, -0.05) is 77.0 Å². The first-order chi connectivity index (χ1) is 10.9. The molecule has 0 fully saturated rings. The largest absolute Gasteiger partial charge is 1.00 e. The summed E-state index contributed by atoms with van der Waals surface area (Å²) in [6.07, 6.45) is 9.66. The molecule has 0 aliphatic rings. The molecule has 0 aromatic rings. The fraction of sp³-hybridized carbons (Fsp3) is 0.944. The van der Waals surface area contributed by atoms with Crippen LogP contribution in [0.2, 0.25) is 0 Å². The van der Waals surface area contributed by atoms with Crippen molar-refractivity contribution in [3.63, 3.8) is 0 Å². The molecule has 2 nitrogen and oxygen atoms in total. The van der Waals surface area contributed by atoms with Crippen LogP contribution in [-0.4, -0.2) is 12.1 Å². The molecule has 0 saturated heterocycles. The fourth-order valence-corrected chi connectivity index (χ4v) is 2.72. The van der Waals surface area contributed by atoms with Crippen molar-refractivity contribution in [2.24, 2.45) is 0 Å². The molecule has 6 heteroatoms. The van der Waals surface area contributed by atoms with Gasteiger partial charge in [-0.3, -0.25) is 0 Å². The zero-order valence-electron chi connectivity index (χ0n) is 15.3. The standard InChI is InChI=1S/C18H33F3O2.K/c19-18(20,21)16-14-12-10-8-6-4-2-1-3-5-7-9-11-13-15-17(22)23;/h1-16H2,(H,22,23);/q;+1/p-1. The molecule has 0 atom stereocenters. The van der Waals surface area contributed by atoms with Crippen molar-refractivity contribution in [3.8, 4) is 0 Å². The number of carboxylic acids is 1. The Kier molecular flexibility index (Phi) is 21.1. The van der Waals surface area contributed by atoms with Crippen molar-refractivity contribution in [1.29, 1.82) is 0 Å².